The zero-order valence-electron chi connectivity index (χ0n) is 34.4. The first-order chi connectivity index (χ1) is 25.7. The Kier molecular flexibility index (Phi) is 16.9. The van der Waals surface area contributed by atoms with Gasteiger partial charge in [-0.25, -0.2) is 0 Å². The van der Waals surface area contributed by atoms with Crippen molar-refractivity contribution < 1.29 is 0 Å². The van der Waals surface area contributed by atoms with Crippen LogP contribution in [0, 0.1) is 12.1 Å². The third kappa shape index (κ3) is 9.66. The summed E-state index contributed by atoms with van der Waals surface area (Å²) in [5.41, 5.74) is 12.9. The summed E-state index contributed by atoms with van der Waals surface area (Å²) in [7, 11) is 0. The highest BCUT2D eigenvalue weighted by Gasteiger charge is 2.47. The molecule has 2 aliphatic rings. The van der Waals surface area contributed by atoms with E-state index in [1.54, 1.807) is 33.4 Å². The van der Waals surface area contributed by atoms with Crippen LogP contribution in [0.3, 0.4) is 0 Å². The molecular weight excluding hydrogens is 625 g/mol. The average molecular weight is 701 g/mol. The highest BCUT2D eigenvalue weighted by atomic mass is 14.5. The molecule has 3 aromatic carbocycles. The zero-order chi connectivity index (χ0) is 36.5. The second-order valence-electron chi connectivity index (χ2n) is 17.1. The van der Waals surface area contributed by atoms with Crippen molar-refractivity contribution in [1.29, 1.82) is 0 Å². The Balaban J connectivity index is 1.54. The van der Waals surface area contributed by atoms with Gasteiger partial charge in [0.05, 0.1) is 0 Å². The van der Waals surface area contributed by atoms with Gasteiger partial charge in [-0.05, 0) is 107 Å². The molecule has 0 nitrogen and oxygen atoms in total. The molecule has 0 fully saturated rings. The Labute approximate surface area is 322 Å². The summed E-state index contributed by atoms with van der Waals surface area (Å²) in [6.45, 7) is 9.34. The van der Waals surface area contributed by atoms with Crippen LogP contribution in [0.15, 0.2) is 48.5 Å². The van der Waals surface area contributed by atoms with E-state index in [9.17, 15) is 0 Å². The largest absolute Gasteiger partial charge is 0.0654 e. The Hall–Kier alpha value is -2.34. The first-order valence-corrected chi connectivity index (χ1v) is 22.9. The quantitative estimate of drug-likeness (QED) is 0.0662. The van der Waals surface area contributed by atoms with Crippen molar-refractivity contribution in [3.63, 3.8) is 0 Å². The molecule has 0 aromatic heterocycles. The van der Waals surface area contributed by atoms with Crippen molar-refractivity contribution in [2.75, 3.05) is 0 Å². The molecule has 2 aliphatic carbocycles. The van der Waals surface area contributed by atoms with Crippen LogP contribution in [0.25, 0.3) is 22.3 Å². The molecule has 5 rings (SSSR count). The van der Waals surface area contributed by atoms with Crippen molar-refractivity contribution in [2.24, 2.45) is 0 Å². The summed E-state index contributed by atoms with van der Waals surface area (Å²) >= 11 is 0. The number of hydrogen-bond acceptors (Lipinski definition) is 0. The smallest absolute Gasteiger partial charge is 0.0215 e. The second kappa shape index (κ2) is 21.5. The lowest BCUT2D eigenvalue weighted by Crippen LogP contribution is -2.27. The molecule has 0 spiro atoms. The van der Waals surface area contributed by atoms with Crippen LogP contribution in [0.4, 0.5) is 0 Å². The van der Waals surface area contributed by atoms with Crippen molar-refractivity contribution in [3.05, 3.63) is 82.9 Å². The normalized spacial score (nSPS) is 14.7. The SMILES string of the molecule is CCCCCCCCC1(CCCCCCCC)c2c[c]ccc2-c2cc3c(cc21)-c1cc[c]cc1C3(CCCCCCCC)CCCCCCCC. The van der Waals surface area contributed by atoms with Crippen LogP contribution in [0.2, 0.25) is 0 Å². The van der Waals surface area contributed by atoms with E-state index in [0.717, 1.165) is 0 Å². The van der Waals surface area contributed by atoms with Crippen LogP contribution in [0.5, 0.6) is 0 Å². The van der Waals surface area contributed by atoms with E-state index in [2.05, 4.69) is 88.4 Å². The molecule has 0 amide bonds. The van der Waals surface area contributed by atoms with E-state index >= 15 is 0 Å². The minimum absolute atomic E-state index is 0.109. The van der Waals surface area contributed by atoms with Crippen molar-refractivity contribution in [2.45, 2.75) is 218 Å². The van der Waals surface area contributed by atoms with Crippen LogP contribution in [-0.4, -0.2) is 0 Å². The lowest BCUT2D eigenvalue weighted by molar-refractivity contribution is 0.394. The second-order valence-corrected chi connectivity index (χ2v) is 17.1. The number of rotatable bonds is 28. The molecule has 0 bridgehead atoms. The van der Waals surface area contributed by atoms with E-state index in [0.29, 0.717) is 0 Å². The van der Waals surface area contributed by atoms with Crippen molar-refractivity contribution >= 4 is 0 Å². The molecule has 284 valence electrons. The fraction of sp³-hybridized carbons (Fsp3) is 0.654. The topological polar surface area (TPSA) is 0 Å². The number of benzene rings is 3. The molecule has 0 unspecified atom stereocenters. The van der Waals surface area contributed by atoms with E-state index in [4.69, 9.17) is 0 Å². The maximum atomic E-state index is 3.60. The Morgan fingerprint density at radius 1 is 0.346 bits per heavy atom. The van der Waals surface area contributed by atoms with Crippen molar-refractivity contribution in [3.8, 4) is 22.3 Å². The Bertz CT molecular complexity index is 1310. The summed E-state index contributed by atoms with van der Waals surface area (Å²) in [5, 5.41) is 0. The maximum absolute atomic E-state index is 3.60. The Morgan fingerprint density at radius 3 is 0.942 bits per heavy atom. The van der Waals surface area contributed by atoms with Gasteiger partial charge < -0.3 is 0 Å². The Morgan fingerprint density at radius 2 is 0.635 bits per heavy atom. The molecule has 0 heteroatoms. The minimum Gasteiger partial charge on any atom is -0.0654 e. The van der Waals surface area contributed by atoms with Gasteiger partial charge in [-0.3, -0.25) is 0 Å². The predicted molar refractivity (Wildman–Crippen MR) is 229 cm³/mol. The van der Waals surface area contributed by atoms with Crippen LogP contribution in [-0.2, 0) is 10.8 Å². The van der Waals surface area contributed by atoms with Crippen LogP contribution in [0.1, 0.15) is 230 Å². The minimum atomic E-state index is 0.109. The van der Waals surface area contributed by atoms with Gasteiger partial charge in [-0.15, -0.1) is 0 Å². The van der Waals surface area contributed by atoms with E-state index in [-0.39, 0.29) is 10.8 Å². The van der Waals surface area contributed by atoms with Crippen LogP contribution >= 0.6 is 0 Å². The van der Waals surface area contributed by atoms with Gasteiger partial charge in [0.2, 0.25) is 0 Å². The van der Waals surface area contributed by atoms with E-state index < -0.39 is 0 Å². The molecule has 0 aliphatic heterocycles. The molecule has 3 aromatic rings. The van der Waals surface area contributed by atoms with Gasteiger partial charge in [0.25, 0.3) is 0 Å². The molecule has 0 atom stereocenters. The third-order valence-corrected chi connectivity index (χ3v) is 13.4. The standard InChI is InChI=1S/C52H76/c1-5-9-13-17-21-29-37-51(38-30-22-18-14-10-6-2)47-35-27-25-33-43(47)45-42-50-46(41-49(45)51)44-34-26-28-36-48(44)52(50,39-31-23-19-15-11-7-3)40-32-24-20-16-12-8-4/h25-26,33-36,41-42H,5-24,29-32,37-40H2,1-4H3. The third-order valence-electron chi connectivity index (χ3n) is 13.4. The molecule has 0 saturated carbocycles. The lowest BCUT2D eigenvalue weighted by Gasteiger charge is -2.35. The highest BCUT2D eigenvalue weighted by molar-refractivity contribution is 5.89. The van der Waals surface area contributed by atoms with Gasteiger partial charge >= 0.3 is 0 Å². The molecule has 0 N–H and O–H groups in total. The van der Waals surface area contributed by atoms with Gasteiger partial charge in [0.1, 0.15) is 0 Å². The summed E-state index contributed by atoms with van der Waals surface area (Å²) in [5.74, 6) is 0. The maximum Gasteiger partial charge on any atom is 0.0215 e. The van der Waals surface area contributed by atoms with E-state index in [1.807, 2.05) is 0 Å². The fourth-order valence-corrected chi connectivity index (χ4v) is 10.4. The highest BCUT2D eigenvalue weighted by Crippen LogP contribution is 2.60. The number of fused-ring (bicyclic) bond motifs is 6. The summed E-state index contributed by atoms with van der Waals surface area (Å²) in [6.07, 6.45) is 37.8. The molecule has 52 heavy (non-hydrogen) atoms. The number of unbranched alkanes of at least 4 members (excludes halogenated alkanes) is 20. The van der Waals surface area contributed by atoms with Gasteiger partial charge in [0.15, 0.2) is 0 Å². The van der Waals surface area contributed by atoms with Crippen molar-refractivity contribution in [1.82, 2.24) is 0 Å². The molecule has 2 radical (unpaired) electrons. The monoisotopic (exact) mass is 701 g/mol. The summed E-state index contributed by atoms with van der Waals surface area (Å²) in [4.78, 5) is 0. The average Bonchev–Trinajstić information content (AvgIpc) is 3.60. The zero-order valence-corrected chi connectivity index (χ0v) is 34.4. The van der Waals surface area contributed by atoms with Gasteiger partial charge in [-0.1, -0.05) is 206 Å². The summed E-state index contributed by atoms with van der Waals surface area (Å²) < 4.78 is 0. The summed E-state index contributed by atoms with van der Waals surface area (Å²) in [6, 6.07) is 26.8. The first kappa shape index (κ1) is 40.8. The van der Waals surface area contributed by atoms with Crippen LogP contribution < -0.4 is 0 Å². The molecule has 0 saturated heterocycles. The van der Waals surface area contributed by atoms with Gasteiger partial charge in [-0.2, -0.15) is 0 Å². The first-order valence-electron chi connectivity index (χ1n) is 22.9. The van der Waals surface area contributed by atoms with E-state index in [1.165, 1.54) is 191 Å². The number of hydrogen-bond donors (Lipinski definition) is 0. The lowest BCUT2D eigenvalue weighted by atomic mass is 9.68. The predicted octanol–water partition coefficient (Wildman–Crippen LogP) is 16.8. The molecular formula is C52H76. The fourth-order valence-electron chi connectivity index (χ4n) is 10.4. The van der Waals surface area contributed by atoms with Gasteiger partial charge in [0, 0.05) is 10.8 Å². The molecule has 0 heterocycles.